The first-order valence-corrected chi connectivity index (χ1v) is 8.43. The van der Waals surface area contributed by atoms with E-state index in [1.54, 1.807) is 11.3 Å². The molecular formula is C18H16N4S. The average Bonchev–Trinajstić information content (AvgIpc) is 3.30. The van der Waals surface area contributed by atoms with Crippen LogP contribution in [0, 0.1) is 0 Å². The van der Waals surface area contributed by atoms with E-state index < -0.39 is 0 Å². The third-order valence-electron chi connectivity index (χ3n) is 3.71. The zero-order valence-electron chi connectivity index (χ0n) is 12.5. The Morgan fingerprint density at radius 1 is 1.13 bits per heavy atom. The first kappa shape index (κ1) is 14.0. The third-order valence-corrected chi connectivity index (χ3v) is 4.55. The first-order chi connectivity index (χ1) is 11.4. The minimum atomic E-state index is 0.812. The summed E-state index contributed by atoms with van der Waals surface area (Å²) in [5.74, 6) is 0. The molecule has 0 amide bonds. The van der Waals surface area contributed by atoms with E-state index in [0.29, 0.717) is 0 Å². The van der Waals surface area contributed by atoms with Crippen molar-refractivity contribution in [3.05, 3.63) is 70.3 Å². The van der Waals surface area contributed by atoms with Crippen molar-refractivity contribution in [3.63, 3.8) is 0 Å². The Morgan fingerprint density at radius 2 is 2.09 bits per heavy atom. The highest BCUT2D eigenvalue weighted by Crippen LogP contribution is 2.15. The molecular weight excluding hydrogens is 304 g/mol. The highest BCUT2D eigenvalue weighted by Gasteiger charge is 2.02. The lowest BCUT2D eigenvalue weighted by Crippen LogP contribution is -2.02. The van der Waals surface area contributed by atoms with Gasteiger partial charge in [0.05, 0.1) is 6.20 Å². The van der Waals surface area contributed by atoms with E-state index in [9.17, 15) is 0 Å². The second-order valence-electron chi connectivity index (χ2n) is 5.39. The molecule has 0 aliphatic rings. The quantitative estimate of drug-likeness (QED) is 0.598. The standard InChI is InChI=1S/C18H16N4S/c1-2-6-18-14(4-1)12-15(19-18)9-10-22-13-16(20-21-22)7-8-17-5-3-11-23-17/h1-8,11-13,19H,9-10H2/b8-7-. The molecule has 0 aliphatic carbocycles. The van der Waals surface area contributed by atoms with Crippen molar-refractivity contribution in [1.29, 1.82) is 0 Å². The van der Waals surface area contributed by atoms with E-state index in [0.717, 1.165) is 18.7 Å². The highest BCUT2D eigenvalue weighted by atomic mass is 32.1. The van der Waals surface area contributed by atoms with Gasteiger partial charge in [-0.3, -0.25) is 4.68 Å². The monoisotopic (exact) mass is 320 g/mol. The Balaban J connectivity index is 1.41. The predicted octanol–water partition coefficient (Wildman–Crippen LogP) is 4.23. The largest absolute Gasteiger partial charge is 0.358 e. The van der Waals surface area contributed by atoms with Crippen molar-refractivity contribution in [3.8, 4) is 0 Å². The zero-order chi connectivity index (χ0) is 15.5. The topological polar surface area (TPSA) is 46.5 Å². The summed E-state index contributed by atoms with van der Waals surface area (Å²) in [6, 6.07) is 14.7. The summed E-state index contributed by atoms with van der Waals surface area (Å²) in [5.41, 5.74) is 3.29. The van der Waals surface area contributed by atoms with Crippen LogP contribution < -0.4 is 0 Å². The second-order valence-corrected chi connectivity index (χ2v) is 6.37. The Labute approximate surface area is 138 Å². The average molecular weight is 320 g/mol. The Morgan fingerprint density at radius 3 is 2.96 bits per heavy atom. The van der Waals surface area contributed by atoms with Crippen LogP contribution in [0.25, 0.3) is 23.1 Å². The van der Waals surface area contributed by atoms with Crippen LogP contribution in [0.5, 0.6) is 0 Å². The van der Waals surface area contributed by atoms with Crippen LogP contribution in [0.3, 0.4) is 0 Å². The lowest BCUT2D eigenvalue weighted by atomic mass is 10.2. The van der Waals surface area contributed by atoms with Gasteiger partial charge in [0, 0.05) is 29.1 Å². The molecule has 1 aromatic carbocycles. The van der Waals surface area contributed by atoms with Crippen LogP contribution >= 0.6 is 11.3 Å². The fourth-order valence-electron chi connectivity index (χ4n) is 2.56. The predicted molar refractivity (Wildman–Crippen MR) is 95.3 cm³/mol. The number of aryl methyl sites for hydroxylation is 2. The van der Waals surface area contributed by atoms with Gasteiger partial charge >= 0.3 is 0 Å². The van der Waals surface area contributed by atoms with Crippen LogP contribution in [-0.2, 0) is 13.0 Å². The molecule has 5 heteroatoms. The number of benzene rings is 1. The number of rotatable bonds is 5. The van der Waals surface area contributed by atoms with Crippen LogP contribution in [0.1, 0.15) is 16.3 Å². The number of hydrogen-bond acceptors (Lipinski definition) is 3. The van der Waals surface area contributed by atoms with Crippen molar-refractivity contribution >= 4 is 34.4 Å². The normalized spacial score (nSPS) is 11.7. The number of thiophene rings is 1. The van der Waals surface area contributed by atoms with E-state index >= 15 is 0 Å². The van der Waals surface area contributed by atoms with E-state index in [1.807, 2.05) is 29.1 Å². The Kier molecular flexibility index (Phi) is 3.78. The van der Waals surface area contributed by atoms with Crippen molar-refractivity contribution < 1.29 is 0 Å². The minimum Gasteiger partial charge on any atom is -0.358 e. The van der Waals surface area contributed by atoms with Gasteiger partial charge < -0.3 is 4.98 Å². The smallest absolute Gasteiger partial charge is 0.105 e. The maximum atomic E-state index is 4.19. The molecule has 0 saturated carbocycles. The van der Waals surface area contributed by atoms with Gasteiger partial charge in [-0.1, -0.05) is 29.5 Å². The summed E-state index contributed by atoms with van der Waals surface area (Å²) in [5, 5.41) is 11.7. The lowest BCUT2D eigenvalue weighted by molar-refractivity contribution is 0.585. The van der Waals surface area contributed by atoms with E-state index in [1.165, 1.54) is 21.5 Å². The molecule has 0 spiro atoms. The molecule has 4 aromatic rings. The molecule has 4 nitrogen and oxygen atoms in total. The van der Waals surface area contributed by atoms with Gasteiger partial charge in [0.1, 0.15) is 5.69 Å². The summed E-state index contributed by atoms with van der Waals surface area (Å²) in [6.45, 7) is 0.812. The highest BCUT2D eigenvalue weighted by molar-refractivity contribution is 7.10. The van der Waals surface area contributed by atoms with Gasteiger partial charge in [-0.2, -0.15) is 0 Å². The molecule has 0 unspecified atom stereocenters. The van der Waals surface area contributed by atoms with Crippen LogP contribution in [0.15, 0.2) is 54.0 Å². The molecule has 0 fully saturated rings. The van der Waals surface area contributed by atoms with E-state index in [2.05, 4.69) is 57.1 Å². The molecule has 0 atom stereocenters. The molecule has 4 rings (SSSR count). The van der Waals surface area contributed by atoms with E-state index in [-0.39, 0.29) is 0 Å². The molecule has 23 heavy (non-hydrogen) atoms. The fourth-order valence-corrected chi connectivity index (χ4v) is 3.17. The maximum Gasteiger partial charge on any atom is 0.105 e. The summed E-state index contributed by atoms with van der Waals surface area (Å²) >= 11 is 1.71. The fraction of sp³-hybridized carbons (Fsp3) is 0.111. The number of nitrogens with zero attached hydrogens (tertiary/aromatic N) is 3. The minimum absolute atomic E-state index is 0.812. The number of fused-ring (bicyclic) bond motifs is 1. The van der Waals surface area contributed by atoms with E-state index in [4.69, 9.17) is 0 Å². The molecule has 3 heterocycles. The van der Waals surface area contributed by atoms with Crippen molar-refractivity contribution in [1.82, 2.24) is 20.0 Å². The van der Waals surface area contributed by atoms with Gasteiger partial charge in [0.15, 0.2) is 0 Å². The molecule has 3 aromatic heterocycles. The molecule has 1 N–H and O–H groups in total. The molecule has 0 radical (unpaired) electrons. The van der Waals surface area contributed by atoms with Crippen LogP contribution in [-0.4, -0.2) is 20.0 Å². The number of nitrogens with one attached hydrogen (secondary N) is 1. The third kappa shape index (κ3) is 3.24. The number of para-hydroxylation sites is 1. The summed E-state index contributed by atoms with van der Waals surface area (Å²) in [4.78, 5) is 4.66. The molecule has 0 saturated heterocycles. The molecule has 114 valence electrons. The van der Waals surface area contributed by atoms with Crippen LogP contribution in [0.4, 0.5) is 0 Å². The van der Waals surface area contributed by atoms with Crippen molar-refractivity contribution in [2.24, 2.45) is 0 Å². The Bertz CT molecular complexity index is 898. The number of aromatic amines is 1. The maximum absolute atomic E-state index is 4.19. The van der Waals surface area contributed by atoms with Crippen molar-refractivity contribution in [2.45, 2.75) is 13.0 Å². The van der Waals surface area contributed by atoms with Gasteiger partial charge in [-0.15, -0.1) is 16.4 Å². The summed E-state index contributed by atoms with van der Waals surface area (Å²) < 4.78 is 1.89. The number of H-pyrrole nitrogens is 1. The van der Waals surface area contributed by atoms with Crippen LogP contribution in [0.2, 0.25) is 0 Å². The number of aromatic nitrogens is 4. The number of hydrogen-bond donors (Lipinski definition) is 1. The van der Waals surface area contributed by atoms with Gasteiger partial charge in [0.2, 0.25) is 0 Å². The lowest BCUT2D eigenvalue weighted by Gasteiger charge is -1.97. The summed E-state index contributed by atoms with van der Waals surface area (Å²) in [7, 11) is 0. The van der Waals surface area contributed by atoms with Gasteiger partial charge in [0.25, 0.3) is 0 Å². The first-order valence-electron chi connectivity index (χ1n) is 7.55. The van der Waals surface area contributed by atoms with Gasteiger partial charge in [-0.25, -0.2) is 0 Å². The second kappa shape index (κ2) is 6.22. The van der Waals surface area contributed by atoms with Gasteiger partial charge in [-0.05, 0) is 41.1 Å². The molecule has 0 aliphatic heterocycles. The SMILES string of the molecule is C(=C/c1cccs1)/c1cn(CCc2cc3ccccc3[nH]2)nn1. The zero-order valence-corrected chi connectivity index (χ0v) is 13.3. The molecule has 0 bridgehead atoms. The Hall–Kier alpha value is -2.66. The summed E-state index contributed by atoms with van der Waals surface area (Å²) in [6.07, 6.45) is 6.95. The van der Waals surface area contributed by atoms with Crippen molar-refractivity contribution in [2.75, 3.05) is 0 Å².